The number of hydrogen-bond donors (Lipinski definition) is 3. The number of ether oxygens (including phenoxy) is 3. The zero-order valence-electron chi connectivity index (χ0n) is 25.5. The standard InChI is InChI=1S/C33H34N4O7S/c1-6-28(33(40)36-29-15-20(2)44-37-29)45-24-14-10-13-23(19-24)34-32(39)25(35-31(38)22-11-8-7-9-12-22)16-21-17-26(41-3)30(43-5)27(18-21)42-4/h7-19,28H,6H2,1-5H3,(H,34,39)(H,35,38)(H,36,37,40)/b25-16+. The van der Waals surface area contributed by atoms with E-state index in [1.807, 2.05) is 13.0 Å². The van der Waals surface area contributed by atoms with Crippen LogP contribution in [0.15, 0.2) is 87.9 Å². The molecule has 0 spiro atoms. The summed E-state index contributed by atoms with van der Waals surface area (Å²) in [6.07, 6.45) is 2.07. The summed E-state index contributed by atoms with van der Waals surface area (Å²) >= 11 is 1.35. The Morgan fingerprint density at radius 3 is 2.22 bits per heavy atom. The summed E-state index contributed by atoms with van der Waals surface area (Å²) in [6, 6.07) is 20.6. The van der Waals surface area contributed by atoms with Crippen molar-refractivity contribution in [3.63, 3.8) is 0 Å². The number of benzene rings is 3. The summed E-state index contributed by atoms with van der Waals surface area (Å²) < 4.78 is 21.3. The molecule has 0 aliphatic rings. The molecule has 0 bridgehead atoms. The molecule has 0 aliphatic heterocycles. The van der Waals surface area contributed by atoms with E-state index in [-0.39, 0.29) is 11.6 Å². The number of hydrogen-bond acceptors (Lipinski definition) is 9. The molecule has 1 unspecified atom stereocenters. The Labute approximate surface area is 265 Å². The molecule has 234 valence electrons. The van der Waals surface area contributed by atoms with E-state index in [1.54, 1.807) is 73.7 Å². The number of carbonyl (C=O) groups is 3. The van der Waals surface area contributed by atoms with Crippen molar-refractivity contribution in [2.75, 3.05) is 32.0 Å². The second kappa shape index (κ2) is 15.5. The maximum atomic E-state index is 13.7. The lowest BCUT2D eigenvalue weighted by molar-refractivity contribution is -0.116. The van der Waals surface area contributed by atoms with Crippen LogP contribution in [0.2, 0.25) is 0 Å². The predicted octanol–water partition coefficient (Wildman–Crippen LogP) is 5.93. The van der Waals surface area contributed by atoms with Crippen molar-refractivity contribution in [3.05, 3.63) is 95.4 Å². The van der Waals surface area contributed by atoms with E-state index < -0.39 is 17.1 Å². The molecule has 45 heavy (non-hydrogen) atoms. The van der Waals surface area contributed by atoms with E-state index in [2.05, 4.69) is 21.1 Å². The molecule has 3 N–H and O–H groups in total. The number of carbonyl (C=O) groups excluding carboxylic acids is 3. The molecule has 3 amide bonds. The van der Waals surface area contributed by atoms with Crippen molar-refractivity contribution >= 4 is 47.1 Å². The first-order valence-corrected chi connectivity index (χ1v) is 14.8. The highest BCUT2D eigenvalue weighted by atomic mass is 32.2. The minimum atomic E-state index is -0.568. The van der Waals surface area contributed by atoms with Crippen LogP contribution >= 0.6 is 11.8 Å². The van der Waals surface area contributed by atoms with Crippen LogP contribution in [0.5, 0.6) is 17.2 Å². The number of amides is 3. The molecule has 0 radical (unpaired) electrons. The number of methoxy groups -OCH3 is 3. The molecule has 1 aromatic heterocycles. The molecule has 0 saturated carbocycles. The maximum absolute atomic E-state index is 13.7. The first-order chi connectivity index (χ1) is 21.7. The average Bonchev–Trinajstić information content (AvgIpc) is 3.46. The maximum Gasteiger partial charge on any atom is 0.272 e. The summed E-state index contributed by atoms with van der Waals surface area (Å²) in [6.45, 7) is 3.65. The Kier molecular flexibility index (Phi) is 11.2. The fourth-order valence-electron chi connectivity index (χ4n) is 4.26. The number of aromatic nitrogens is 1. The highest BCUT2D eigenvalue weighted by Crippen LogP contribution is 2.38. The van der Waals surface area contributed by atoms with Crippen molar-refractivity contribution in [3.8, 4) is 17.2 Å². The monoisotopic (exact) mass is 630 g/mol. The number of rotatable bonds is 13. The molecule has 4 aromatic rings. The lowest BCUT2D eigenvalue weighted by atomic mass is 10.1. The van der Waals surface area contributed by atoms with Gasteiger partial charge in [0.1, 0.15) is 11.5 Å². The van der Waals surface area contributed by atoms with E-state index >= 15 is 0 Å². The van der Waals surface area contributed by atoms with Crippen LogP contribution in [0.4, 0.5) is 11.5 Å². The Morgan fingerprint density at radius 1 is 0.911 bits per heavy atom. The summed E-state index contributed by atoms with van der Waals surface area (Å²) in [7, 11) is 4.47. The van der Waals surface area contributed by atoms with E-state index in [0.717, 1.165) is 4.90 Å². The summed E-state index contributed by atoms with van der Waals surface area (Å²) in [5, 5.41) is 11.7. The van der Waals surface area contributed by atoms with Crippen LogP contribution in [-0.2, 0) is 9.59 Å². The van der Waals surface area contributed by atoms with Crippen LogP contribution in [0.1, 0.15) is 35.0 Å². The lowest BCUT2D eigenvalue weighted by Gasteiger charge is -2.16. The summed E-state index contributed by atoms with van der Waals surface area (Å²) in [5.41, 5.74) is 1.35. The van der Waals surface area contributed by atoms with Crippen LogP contribution in [-0.4, -0.2) is 49.5 Å². The molecule has 12 heteroatoms. The van der Waals surface area contributed by atoms with Gasteiger partial charge in [-0.15, -0.1) is 11.8 Å². The minimum absolute atomic E-state index is 0.0232. The van der Waals surface area contributed by atoms with E-state index in [4.69, 9.17) is 18.7 Å². The molecule has 1 heterocycles. The van der Waals surface area contributed by atoms with Gasteiger partial charge in [-0.3, -0.25) is 14.4 Å². The van der Waals surface area contributed by atoms with E-state index in [0.29, 0.717) is 52.1 Å². The Bertz CT molecular complexity index is 1660. The first kappa shape index (κ1) is 32.7. The van der Waals surface area contributed by atoms with Gasteiger partial charge in [0.2, 0.25) is 11.7 Å². The lowest BCUT2D eigenvalue weighted by Crippen LogP contribution is -2.30. The molecule has 11 nitrogen and oxygen atoms in total. The van der Waals surface area contributed by atoms with Crippen LogP contribution in [0, 0.1) is 6.92 Å². The van der Waals surface area contributed by atoms with Gasteiger partial charge < -0.3 is 34.7 Å². The van der Waals surface area contributed by atoms with Gasteiger partial charge in [0.15, 0.2) is 17.3 Å². The quantitative estimate of drug-likeness (QED) is 0.121. The molecule has 0 saturated heterocycles. The molecule has 0 aliphatic carbocycles. The Balaban J connectivity index is 1.58. The molecule has 4 rings (SSSR count). The normalized spacial score (nSPS) is 11.7. The average molecular weight is 631 g/mol. The van der Waals surface area contributed by atoms with Gasteiger partial charge in [-0.2, -0.15) is 0 Å². The number of aryl methyl sites for hydroxylation is 1. The smallest absolute Gasteiger partial charge is 0.272 e. The largest absolute Gasteiger partial charge is 0.493 e. The molecule has 0 fully saturated rings. The fourth-order valence-corrected chi connectivity index (χ4v) is 5.27. The zero-order chi connectivity index (χ0) is 32.3. The van der Waals surface area contributed by atoms with Gasteiger partial charge in [0.05, 0.1) is 26.6 Å². The Hall–Kier alpha value is -5.23. The number of thioether (sulfide) groups is 1. The second-order valence-electron chi connectivity index (χ2n) is 9.65. The zero-order valence-corrected chi connectivity index (χ0v) is 26.3. The van der Waals surface area contributed by atoms with Gasteiger partial charge in [-0.05, 0) is 67.4 Å². The highest BCUT2D eigenvalue weighted by molar-refractivity contribution is 8.00. The van der Waals surface area contributed by atoms with Crippen molar-refractivity contribution < 1.29 is 33.1 Å². The topological polar surface area (TPSA) is 141 Å². The van der Waals surface area contributed by atoms with Crippen molar-refractivity contribution in [2.24, 2.45) is 0 Å². The third-order valence-corrected chi connectivity index (χ3v) is 7.80. The summed E-state index contributed by atoms with van der Waals surface area (Å²) in [5.74, 6) is 0.847. The predicted molar refractivity (Wildman–Crippen MR) is 173 cm³/mol. The number of anilines is 2. The van der Waals surface area contributed by atoms with E-state index in [9.17, 15) is 14.4 Å². The van der Waals surface area contributed by atoms with Crippen molar-refractivity contribution in [1.82, 2.24) is 10.5 Å². The van der Waals surface area contributed by atoms with Gasteiger partial charge >= 0.3 is 0 Å². The van der Waals surface area contributed by atoms with E-state index in [1.165, 1.54) is 39.2 Å². The third-order valence-electron chi connectivity index (χ3n) is 6.44. The number of nitrogens with one attached hydrogen (secondary N) is 3. The first-order valence-electron chi connectivity index (χ1n) is 13.9. The van der Waals surface area contributed by atoms with Crippen LogP contribution < -0.4 is 30.2 Å². The van der Waals surface area contributed by atoms with Gasteiger partial charge in [0, 0.05) is 22.2 Å². The molecule has 3 aromatic carbocycles. The number of nitrogens with zero attached hydrogens (tertiary/aromatic N) is 1. The van der Waals surface area contributed by atoms with Gasteiger partial charge in [-0.25, -0.2) is 0 Å². The molecular formula is C33H34N4O7S. The fraction of sp³-hybridized carbons (Fsp3) is 0.212. The SMILES string of the molecule is CCC(Sc1cccc(NC(=O)/C(=C\c2cc(OC)c(OC)c(OC)c2)NC(=O)c2ccccc2)c1)C(=O)Nc1cc(C)on1. The highest BCUT2D eigenvalue weighted by Gasteiger charge is 2.21. The van der Waals surface area contributed by atoms with Crippen LogP contribution in [0.25, 0.3) is 6.08 Å². The van der Waals surface area contributed by atoms with Crippen molar-refractivity contribution in [2.45, 2.75) is 30.4 Å². The summed E-state index contributed by atoms with van der Waals surface area (Å²) in [4.78, 5) is 40.4. The molecular weight excluding hydrogens is 596 g/mol. The van der Waals surface area contributed by atoms with Gasteiger partial charge in [0.25, 0.3) is 11.8 Å². The molecule has 1 atom stereocenters. The third kappa shape index (κ3) is 8.67. The second-order valence-corrected chi connectivity index (χ2v) is 10.9. The van der Waals surface area contributed by atoms with Crippen LogP contribution in [0.3, 0.4) is 0 Å². The van der Waals surface area contributed by atoms with Gasteiger partial charge in [-0.1, -0.05) is 36.3 Å². The Morgan fingerprint density at radius 2 is 1.62 bits per heavy atom. The van der Waals surface area contributed by atoms with Crippen molar-refractivity contribution in [1.29, 1.82) is 0 Å². The minimum Gasteiger partial charge on any atom is -0.493 e.